The number of rotatable bonds is 4. The third kappa shape index (κ3) is 4.06. The lowest BCUT2D eigenvalue weighted by Crippen LogP contribution is -2.18. The molecule has 0 aliphatic carbocycles. The van der Waals surface area contributed by atoms with Gasteiger partial charge < -0.3 is 15.0 Å². The van der Waals surface area contributed by atoms with Crippen LogP contribution in [0.15, 0.2) is 77.7 Å². The largest absolute Gasteiger partial charge is 0.573 e. The van der Waals surface area contributed by atoms with Crippen LogP contribution >= 0.6 is 0 Å². The molecule has 0 amide bonds. The van der Waals surface area contributed by atoms with Crippen molar-refractivity contribution in [3.63, 3.8) is 0 Å². The van der Waals surface area contributed by atoms with Crippen LogP contribution in [0.5, 0.6) is 5.75 Å². The molecule has 0 atom stereocenters. The van der Waals surface area contributed by atoms with Crippen molar-refractivity contribution in [3.8, 4) is 17.0 Å². The first-order valence-corrected chi connectivity index (χ1v) is 8.60. The molecule has 0 saturated carbocycles. The summed E-state index contributed by atoms with van der Waals surface area (Å²) in [6.45, 7) is 0. The second-order valence-electron chi connectivity index (χ2n) is 6.16. The first-order chi connectivity index (χ1) is 13.9. The van der Waals surface area contributed by atoms with Crippen LogP contribution in [0, 0.1) is 0 Å². The van der Waals surface area contributed by atoms with Crippen LogP contribution < -0.4 is 15.6 Å². The number of alkyl halides is 3. The minimum atomic E-state index is -4.85. The van der Waals surface area contributed by atoms with Gasteiger partial charge in [-0.3, -0.25) is 4.79 Å². The van der Waals surface area contributed by atoms with E-state index in [0.717, 1.165) is 5.56 Å². The van der Waals surface area contributed by atoms with Gasteiger partial charge in [-0.15, -0.1) is 13.2 Å². The molecule has 0 fully saturated rings. The van der Waals surface area contributed by atoms with Gasteiger partial charge in [0.15, 0.2) is 5.75 Å². The maximum atomic E-state index is 12.7. The Morgan fingerprint density at radius 3 is 2.45 bits per heavy atom. The second kappa shape index (κ2) is 7.31. The summed E-state index contributed by atoms with van der Waals surface area (Å²) in [6, 6.07) is 18.3. The lowest BCUT2D eigenvalue weighted by Gasteiger charge is -2.15. The molecule has 146 valence electrons. The van der Waals surface area contributed by atoms with Gasteiger partial charge in [-0.25, -0.2) is 4.98 Å². The fourth-order valence-corrected chi connectivity index (χ4v) is 2.97. The van der Waals surface area contributed by atoms with Crippen LogP contribution in [0.4, 0.5) is 24.7 Å². The van der Waals surface area contributed by atoms with E-state index in [1.807, 2.05) is 30.3 Å². The van der Waals surface area contributed by atoms with Gasteiger partial charge in [0.2, 0.25) is 0 Å². The number of ether oxygens (including phenoxy) is 1. The van der Waals surface area contributed by atoms with Crippen LogP contribution in [0.1, 0.15) is 0 Å². The van der Waals surface area contributed by atoms with E-state index in [-0.39, 0.29) is 16.9 Å². The molecular formula is C21H14F3N3O2. The Balaban J connectivity index is 1.87. The third-order valence-corrected chi connectivity index (χ3v) is 4.19. The smallest absolute Gasteiger partial charge is 0.404 e. The van der Waals surface area contributed by atoms with Crippen molar-refractivity contribution in [1.82, 2.24) is 9.97 Å². The van der Waals surface area contributed by atoms with Crippen LogP contribution in [0.2, 0.25) is 0 Å². The summed E-state index contributed by atoms with van der Waals surface area (Å²) < 4.78 is 42.3. The molecule has 5 nitrogen and oxygen atoms in total. The molecule has 2 aromatic carbocycles. The van der Waals surface area contributed by atoms with Gasteiger partial charge in [0, 0.05) is 11.8 Å². The monoisotopic (exact) mass is 397 g/mol. The van der Waals surface area contributed by atoms with E-state index in [9.17, 15) is 18.0 Å². The summed E-state index contributed by atoms with van der Waals surface area (Å²) in [7, 11) is 0. The molecule has 0 radical (unpaired) electrons. The lowest BCUT2D eigenvalue weighted by molar-refractivity contribution is -0.274. The Labute approximate surface area is 162 Å². The zero-order valence-electron chi connectivity index (χ0n) is 14.8. The number of aromatic amines is 1. The van der Waals surface area contributed by atoms with Crippen LogP contribution in [-0.2, 0) is 0 Å². The predicted octanol–water partition coefficient (Wildman–Crippen LogP) is 5.23. The molecule has 0 aliphatic rings. The molecule has 0 saturated heterocycles. The fraction of sp³-hybridized carbons (Fsp3) is 0.0476. The van der Waals surface area contributed by atoms with Gasteiger partial charge in [0.25, 0.3) is 5.56 Å². The number of hydrogen-bond donors (Lipinski definition) is 2. The summed E-state index contributed by atoms with van der Waals surface area (Å²) in [5.41, 5.74) is 0.997. The molecule has 0 unspecified atom stereocenters. The summed E-state index contributed by atoms with van der Waals surface area (Å²) in [6.07, 6.45) is -3.35. The first kappa shape index (κ1) is 18.5. The molecule has 4 rings (SSSR count). The van der Waals surface area contributed by atoms with E-state index in [1.165, 1.54) is 24.4 Å². The number of pyridine rings is 2. The maximum absolute atomic E-state index is 12.7. The normalized spacial score (nSPS) is 11.4. The van der Waals surface area contributed by atoms with Gasteiger partial charge in [0.05, 0.1) is 16.8 Å². The second-order valence-corrected chi connectivity index (χ2v) is 6.16. The fourth-order valence-electron chi connectivity index (χ4n) is 2.97. The number of para-hydroxylation sites is 2. The molecular weight excluding hydrogens is 383 g/mol. The van der Waals surface area contributed by atoms with Crippen molar-refractivity contribution in [2.75, 3.05) is 5.32 Å². The highest BCUT2D eigenvalue weighted by molar-refractivity contribution is 5.95. The molecule has 2 heterocycles. The van der Waals surface area contributed by atoms with E-state index >= 15 is 0 Å². The average molecular weight is 397 g/mol. The quantitative estimate of drug-likeness (QED) is 0.495. The lowest BCUT2D eigenvalue weighted by atomic mass is 10.1. The van der Waals surface area contributed by atoms with Gasteiger partial charge >= 0.3 is 6.36 Å². The molecule has 2 aromatic heterocycles. The Morgan fingerprint density at radius 1 is 0.966 bits per heavy atom. The molecule has 0 aliphatic heterocycles. The number of hydrogen-bond acceptors (Lipinski definition) is 4. The van der Waals surface area contributed by atoms with Crippen molar-refractivity contribution in [1.29, 1.82) is 0 Å². The summed E-state index contributed by atoms with van der Waals surface area (Å²) in [5.74, 6) is -0.297. The third-order valence-electron chi connectivity index (χ3n) is 4.19. The van der Waals surface area contributed by atoms with E-state index in [2.05, 4.69) is 20.0 Å². The van der Waals surface area contributed by atoms with Crippen molar-refractivity contribution in [3.05, 3.63) is 83.3 Å². The standard InChI is InChI=1S/C21H14F3N3O2/c22-21(23,24)29-17-9-5-4-8-15(17)26-19-18-14(10-11-25-20(18)28)12-16(27-19)13-6-2-1-3-7-13/h1-12H,(H,25,28)(H,26,27). The minimum absolute atomic E-state index is 0.0343. The Hall–Kier alpha value is -3.81. The van der Waals surface area contributed by atoms with Crippen LogP contribution in [0.3, 0.4) is 0 Å². The zero-order chi connectivity index (χ0) is 20.4. The SMILES string of the molecule is O=c1[nH]ccc2cc(-c3ccccc3)nc(Nc3ccccc3OC(F)(F)F)c12. The highest BCUT2D eigenvalue weighted by atomic mass is 19.4. The van der Waals surface area contributed by atoms with E-state index in [0.29, 0.717) is 11.1 Å². The Morgan fingerprint density at radius 2 is 1.69 bits per heavy atom. The molecule has 0 bridgehead atoms. The number of anilines is 2. The van der Waals surface area contributed by atoms with Crippen LogP contribution in [-0.4, -0.2) is 16.3 Å². The van der Waals surface area contributed by atoms with Crippen molar-refractivity contribution in [2.24, 2.45) is 0 Å². The molecule has 4 aromatic rings. The maximum Gasteiger partial charge on any atom is 0.573 e. The van der Waals surface area contributed by atoms with E-state index in [1.54, 1.807) is 18.2 Å². The molecule has 2 N–H and O–H groups in total. The Bertz CT molecular complexity index is 1220. The van der Waals surface area contributed by atoms with E-state index < -0.39 is 17.7 Å². The number of aromatic nitrogens is 2. The van der Waals surface area contributed by atoms with Crippen molar-refractivity contribution in [2.45, 2.75) is 6.36 Å². The average Bonchev–Trinajstić information content (AvgIpc) is 2.69. The van der Waals surface area contributed by atoms with Gasteiger partial charge in [-0.2, -0.15) is 0 Å². The van der Waals surface area contributed by atoms with Gasteiger partial charge in [-0.05, 0) is 29.7 Å². The Kier molecular flexibility index (Phi) is 4.67. The van der Waals surface area contributed by atoms with Crippen molar-refractivity contribution < 1.29 is 17.9 Å². The highest BCUT2D eigenvalue weighted by Gasteiger charge is 2.32. The van der Waals surface area contributed by atoms with E-state index in [4.69, 9.17) is 0 Å². The number of benzene rings is 2. The molecule has 0 spiro atoms. The van der Waals surface area contributed by atoms with Gasteiger partial charge in [0.1, 0.15) is 5.82 Å². The molecule has 8 heteroatoms. The highest BCUT2D eigenvalue weighted by Crippen LogP contribution is 2.34. The number of halogens is 3. The predicted molar refractivity (Wildman–Crippen MR) is 104 cm³/mol. The first-order valence-electron chi connectivity index (χ1n) is 8.60. The van der Waals surface area contributed by atoms with Crippen LogP contribution in [0.25, 0.3) is 22.0 Å². The van der Waals surface area contributed by atoms with Crippen molar-refractivity contribution >= 4 is 22.3 Å². The number of H-pyrrole nitrogens is 1. The van der Waals surface area contributed by atoms with Gasteiger partial charge in [-0.1, -0.05) is 42.5 Å². The zero-order valence-corrected chi connectivity index (χ0v) is 14.8. The molecule has 29 heavy (non-hydrogen) atoms. The number of nitrogens with zero attached hydrogens (tertiary/aromatic N) is 1. The number of fused-ring (bicyclic) bond motifs is 1. The summed E-state index contributed by atoms with van der Waals surface area (Å²) >= 11 is 0. The number of nitrogens with one attached hydrogen (secondary N) is 2. The minimum Gasteiger partial charge on any atom is -0.404 e. The summed E-state index contributed by atoms with van der Waals surface area (Å²) in [4.78, 5) is 19.5. The summed E-state index contributed by atoms with van der Waals surface area (Å²) in [5, 5.41) is 3.66. The topological polar surface area (TPSA) is 67.0 Å².